The molecule has 1 unspecified atom stereocenters. The van der Waals surface area contributed by atoms with Crippen molar-refractivity contribution in [3.05, 3.63) is 53.3 Å². The molecule has 1 saturated carbocycles. The van der Waals surface area contributed by atoms with Crippen molar-refractivity contribution < 1.29 is 32.9 Å². The number of carbonyl (C=O) groups excluding carboxylic acids is 1. The van der Waals surface area contributed by atoms with Crippen LogP contribution in [-0.4, -0.2) is 61.1 Å². The Morgan fingerprint density at radius 1 is 1.05 bits per heavy atom. The number of benzene rings is 1. The molecule has 1 aliphatic rings. The predicted octanol–water partition coefficient (Wildman–Crippen LogP) is 4.44. The minimum Gasteiger partial charge on any atom is -0.425 e. The highest BCUT2D eigenvalue weighted by Gasteiger charge is 2.30. The first kappa shape index (κ1) is 33.1. The number of aromatic nitrogens is 1. The van der Waals surface area contributed by atoms with Gasteiger partial charge in [-0.05, 0) is 81.3 Å². The third-order valence-corrected chi connectivity index (χ3v) is 9.66. The molecule has 1 atom stereocenters. The molecule has 228 valence electrons. The van der Waals surface area contributed by atoms with E-state index in [0.29, 0.717) is 23.7 Å². The molecule has 10 heteroatoms. The number of ether oxygens (including phenoxy) is 2. The lowest BCUT2D eigenvalue weighted by atomic mass is 10.1. The fourth-order valence-electron chi connectivity index (χ4n) is 5.11. The van der Waals surface area contributed by atoms with Crippen LogP contribution in [0.5, 0.6) is 5.75 Å². The number of sulfone groups is 1. The van der Waals surface area contributed by atoms with Crippen molar-refractivity contribution in [2.24, 2.45) is 0 Å². The molecule has 0 saturated heterocycles. The third-order valence-electron chi connectivity index (χ3n) is 7.40. The van der Waals surface area contributed by atoms with Crippen molar-refractivity contribution in [1.82, 2.24) is 10.3 Å². The van der Waals surface area contributed by atoms with E-state index >= 15 is 0 Å². The summed E-state index contributed by atoms with van der Waals surface area (Å²) < 4.78 is 36.5. The summed E-state index contributed by atoms with van der Waals surface area (Å²) in [6.45, 7) is 3.47. The van der Waals surface area contributed by atoms with E-state index in [9.17, 15) is 23.4 Å². The molecular formula is C31H46N2O7S. The van der Waals surface area contributed by atoms with Crippen LogP contribution in [0.4, 0.5) is 0 Å². The second-order valence-electron chi connectivity index (χ2n) is 10.7. The van der Waals surface area contributed by atoms with Crippen LogP contribution in [0.15, 0.2) is 41.3 Å². The lowest BCUT2D eigenvalue weighted by Gasteiger charge is -2.14. The van der Waals surface area contributed by atoms with Crippen molar-refractivity contribution in [2.45, 2.75) is 100 Å². The van der Waals surface area contributed by atoms with Gasteiger partial charge in [0.1, 0.15) is 11.8 Å². The smallest absolute Gasteiger partial charge is 0.308 e. The molecule has 0 radical (unpaired) electrons. The topological polar surface area (TPSA) is 135 Å². The molecule has 1 aromatic carbocycles. The largest absolute Gasteiger partial charge is 0.425 e. The average molecular weight is 591 g/mol. The summed E-state index contributed by atoms with van der Waals surface area (Å²) in [6.07, 6.45) is 9.68. The van der Waals surface area contributed by atoms with Gasteiger partial charge in [0.15, 0.2) is 15.6 Å². The van der Waals surface area contributed by atoms with Gasteiger partial charge in [-0.25, -0.2) is 13.4 Å². The normalized spacial score (nSPS) is 14.8. The van der Waals surface area contributed by atoms with Gasteiger partial charge in [-0.2, -0.15) is 0 Å². The number of pyridine rings is 1. The number of hydrogen-bond acceptors (Lipinski definition) is 9. The maximum absolute atomic E-state index is 12.8. The van der Waals surface area contributed by atoms with Gasteiger partial charge in [0.05, 0.1) is 22.4 Å². The highest BCUT2D eigenvalue weighted by atomic mass is 32.2. The summed E-state index contributed by atoms with van der Waals surface area (Å²) in [6, 6.07) is 10.6. The Labute approximate surface area is 244 Å². The van der Waals surface area contributed by atoms with Gasteiger partial charge in [-0.1, -0.05) is 37.8 Å². The lowest BCUT2D eigenvalue weighted by molar-refractivity contribution is -0.132. The van der Waals surface area contributed by atoms with E-state index < -0.39 is 21.9 Å². The van der Waals surface area contributed by atoms with Gasteiger partial charge in [0.25, 0.3) is 0 Å². The number of carbonyl (C=O) groups is 1. The molecule has 41 heavy (non-hydrogen) atoms. The van der Waals surface area contributed by atoms with Gasteiger partial charge in [-0.15, -0.1) is 0 Å². The van der Waals surface area contributed by atoms with E-state index in [1.165, 1.54) is 13.0 Å². The quantitative estimate of drug-likeness (QED) is 0.160. The van der Waals surface area contributed by atoms with E-state index in [4.69, 9.17) is 9.47 Å². The summed E-state index contributed by atoms with van der Waals surface area (Å²) >= 11 is 0. The molecule has 1 fully saturated rings. The Kier molecular flexibility index (Phi) is 14.2. The Hall–Kier alpha value is -2.37. The molecule has 2 aromatic rings. The molecule has 0 bridgehead atoms. The van der Waals surface area contributed by atoms with E-state index in [0.717, 1.165) is 89.3 Å². The van der Waals surface area contributed by atoms with Crippen LogP contribution in [0.1, 0.15) is 94.2 Å². The van der Waals surface area contributed by atoms with E-state index in [2.05, 4.69) is 10.3 Å². The fraction of sp³-hybridized carbons (Fsp3) is 0.613. The highest BCUT2D eigenvalue weighted by molar-refractivity contribution is 7.92. The molecule has 1 aliphatic carbocycles. The molecule has 0 aliphatic heterocycles. The number of aliphatic hydroxyl groups excluding tert-OH is 2. The van der Waals surface area contributed by atoms with Crippen LogP contribution < -0.4 is 10.1 Å². The number of aliphatic hydroxyl groups is 2. The average Bonchev–Trinajstić information content (AvgIpc) is 3.52. The van der Waals surface area contributed by atoms with E-state index in [1.807, 2.05) is 18.2 Å². The lowest BCUT2D eigenvalue weighted by Crippen LogP contribution is -2.23. The van der Waals surface area contributed by atoms with Crippen molar-refractivity contribution in [3.8, 4) is 5.75 Å². The number of unbranched alkanes of at least 4 members (excludes halogenated alkanes) is 4. The number of hydrogen-bond donors (Lipinski definition) is 3. The van der Waals surface area contributed by atoms with Crippen LogP contribution in [0.2, 0.25) is 0 Å². The van der Waals surface area contributed by atoms with Crippen LogP contribution in [-0.2, 0) is 32.4 Å². The van der Waals surface area contributed by atoms with Gasteiger partial charge >= 0.3 is 5.97 Å². The Bertz CT molecular complexity index is 1180. The number of nitrogens with one attached hydrogen (secondary N) is 1. The molecule has 0 spiro atoms. The number of esters is 1. The van der Waals surface area contributed by atoms with Gasteiger partial charge in [0.2, 0.25) is 0 Å². The van der Waals surface area contributed by atoms with Crippen LogP contribution >= 0.6 is 0 Å². The van der Waals surface area contributed by atoms with Gasteiger partial charge in [-0.3, -0.25) is 4.79 Å². The minimum atomic E-state index is -3.20. The Morgan fingerprint density at radius 2 is 1.78 bits per heavy atom. The SMILES string of the molecule is CC(=O)Oc1ccc(C(O)CNCCCCCCOCCCCc2cccc(S(=O)(=O)C3CCCC3)c2)nc1CO. The standard InChI is InChI=1S/C31H46N2O7S/c1-24(35)40-31-17-16-28(33-29(31)23-34)30(36)22-32-18-7-2-3-8-19-39-20-9-6-11-25-12-10-15-27(21-25)41(37,38)26-13-4-5-14-26/h10,12,15-17,21,26,30,32,34,36H,2-9,11,13-14,18-20,22-23H2,1H3. The molecular weight excluding hydrogens is 544 g/mol. The van der Waals surface area contributed by atoms with Gasteiger partial charge < -0.3 is 25.0 Å². The van der Waals surface area contributed by atoms with Gasteiger partial charge in [0, 0.05) is 26.7 Å². The third kappa shape index (κ3) is 11.1. The zero-order chi connectivity index (χ0) is 29.5. The second kappa shape index (κ2) is 17.6. The molecule has 1 aromatic heterocycles. The van der Waals surface area contributed by atoms with Crippen LogP contribution in [0, 0.1) is 0 Å². The molecule has 1 heterocycles. The van der Waals surface area contributed by atoms with Crippen molar-refractivity contribution in [1.29, 1.82) is 0 Å². The maximum atomic E-state index is 12.8. The number of aryl methyl sites for hydroxylation is 1. The summed E-state index contributed by atoms with van der Waals surface area (Å²) in [5.74, 6) is -0.296. The minimum absolute atomic E-state index is 0.197. The molecule has 3 N–H and O–H groups in total. The van der Waals surface area contributed by atoms with E-state index in [1.54, 1.807) is 12.1 Å². The van der Waals surface area contributed by atoms with Crippen LogP contribution in [0.25, 0.3) is 0 Å². The fourth-order valence-corrected chi connectivity index (χ4v) is 7.03. The van der Waals surface area contributed by atoms with Crippen molar-refractivity contribution in [3.63, 3.8) is 0 Å². The summed E-state index contributed by atoms with van der Waals surface area (Å²) in [4.78, 5) is 15.8. The maximum Gasteiger partial charge on any atom is 0.308 e. The zero-order valence-corrected chi connectivity index (χ0v) is 25.0. The first-order valence-corrected chi connectivity index (χ1v) is 16.4. The van der Waals surface area contributed by atoms with Crippen molar-refractivity contribution in [2.75, 3.05) is 26.3 Å². The molecule has 3 rings (SSSR count). The van der Waals surface area contributed by atoms with Crippen molar-refractivity contribution >= 4 is 15.8 Å². The number of nitrogens with zero attached hydrogens (tertiary/aromatic N) is 1. The first-order valence-electron chi connectivity index (χ1n) is 14.9. The number of rotatable bonds is 19. The first-order chi connectivity index (χ1) is 19.8. The second-order valence-corrected chi connectivity index (χ2v) is 13.0. The Balaban J connectivity index is 1.18. The Morgan fingerprint density at radius 3 is 2.51 bits per heavy atom. The summed E-state index contributed by atoms with van der Waals surface area (Å²) in [7, 11) is -3.20. The summed E-state index contributed by atoms with van der Waals surface area (Å²) in [5.41, 5.74) is 1.71. The van der Waals surface area contributed by atoms with E-state index in [-0.39, 0.29) is 23.3 Å². The zero-order valence-electron chi connectivity index (χ0n) is 24.2. The molecule has 9 nitrogen and oxygen atoms in total. The van der Waals surface area contributed by atoms with Crippen LogP contribution in [0.3, 0.4) is 0 Å². The summed E-state index contributed by atoms with van der Waals surface area (Å²) in [5, 5.41) is 22.8. The monoisotopic (exact) mass is 590 g/mol. The molecule has 0 amide bonds. The highest BCUT2D eigenvalue weighted by Crippen LogP contribution is 2.30. The predicted molar refractivity (Wildman–Crippen MR) is 157 cm³/mol.